The van der Waals surface area contributed by atoms with E-state index in [0.29, 0.717) is 18.4 Å². The molecule has 3 aliphatic carbocycles. The Morgan fingerprint density at radius 2 is 1.60 bits per heavy atom. The first kappa shape index (κ1) is 18.7. The summed E-state index contributed by atoms with van der Waals surface area (Å²) in [5.41, 5.74) is 5.60. The zero-order chi connectivity index (χ0) is 20.7. The van der Waals surface area contributed by atoms with Gasteiger partial charge in [-0.25, -0.2) is 0 Å². The van der Waals surface area contributed by atoms with Gasteiger partial charge in [0, 0.05) is 18.4 Å². The van der Waals surface area contributed by atoms with E-state index in [1.54, 1.807) is 19.1 Å². The molecule has 2 aromatic carbocycles. The second kappa shape index (κ2) is 7.48. The minimum absolute atomic E-state index is 0.182. The average molecular weight is 400 g/mol. The average Bonchev–Trinajstić information content (AvgIpc) is 3.33. The van der Waals surface area contributed by atoms with E-state index in [9.17, 15) is 9.59 Å². The summed E-state index contributed by atoms with van der Waals surface area (Å²) in [5.74, 6) is 0.625. The van der Waals surface area contributed by atoms with Gasteiger partial charge >= 0.3 is 0 Å². The molecule has 1 heterocycles. The fourth-order valence-corrected chi connectivity index (χ4v) is 5.09. The van der Waals surface area contributed by atoms with Gasteiger partial charge in [-0.05, 0) is 53.6 Å². The van der Waals surface area contributed by atoms with Gasteiger partial charge in [-0.15, -0.1) is 0 Å². The van der Waals surface area contributed by atoms with Gasteiger partial charge < -0.3 is 15.1 Å². The van der Waals surface area contributed by atoms with Gasteiger partial charge in [0.05, 0.1) is 6.26 Å². The van der Waals surface area contributed by atoms with Crippen molar-refractivity contribution in [3.05, 3.63) is 94.9 Å². The summed E-state index contributed by atoms with van der Waals surface area (Å²) in [4.78, 5) is 24.8. The van der Waals surface area contributed by atoms with Crippen molar-refractivity contribution >= 4 is 11.8 Å². The van der Waals surface area contributed by atoms with Crippen molar-refractivity contribution < 1.29 is 14.0 Å². The van der Waals surface area contributed by atoms with E-state index in [-0.39, 0.29) is 23.5 Å². The van der Waals surface area contributed by atoms with Crippen LogP contribution in [0.5, 0.6) is 0 Å². The number of nitrogens with one attached hydrogen (secondary N) is 2. The molecule has 0 saturated heterocycles. The van der Waals surface area contributed by atoms with Crippen molar-refractivity contribution in [3.63, 3.8) is 0 Å². The Morgan fingerprint density at radius 1 is 0.967 bits per heavy atom. The highest BCUT2D eigenvalue weighted by Gasteiger charge is 2.42. The van der Waals surface area contributed by atoms with E-state index in [0.717, 1.165) is 6.42 Å². The predicted molar refractivity (Wildman–Crippen MR) is 113 cm³/mol. The highest BCUT2D eigenvalue weighted by molar-refractivity contribution is 5.95. The van der Waals surface area contributed by atoms with Crippen molar-refractivity contribution in [2.24, 2.45) is 5.92 Å². The summed E-state index contributed by atoms with van der Waals surface area (Å²) in [7, 11) is 0. The van der Waals surface area contributed by atoms with Gasteiger partial charge in [0.1, 0.15) is 6.04 Å². The number of rotatable bonds is 5. The Labute approximate surface area is 175 Å². The molecule has 30 heavy (non-hydrogen) atoms. The van der Waals surface area contributed by atoms with Gasteiger partial charge in [-0.1, -0.05) is 48.5 Å². The van der Waals surface area contributed by atoms with E-state index in [4.69, 9.17) is 4.42 Å². The number of benzene rings is 2. The number of hydrogen-bond acceptors (Lipinski definition) is 3. The van der Waals surface area contributed by atoms with E-state index < -0.39 is 6.04 Å². The van der Waals surface area contributed by atoms with Gasteiger partial charge in [0.15, 0.2) is 5.76 Å². The summed E-state index contributed by atoms with van der Waals surface area (Å²) >= 11 is 0. The lowest BCUT2D eigenvalue weighted by Crippen LogP contribution is -2.47. The Hall–Kier alpha value is -3.34. The maximum Gasteiger partial charge on any atom is 0.287 e. The Morgan fingerprint density at radius 3 is 2.20 bits per heavy atom. The maximum atomic E-state index is 12.6. The smallest absolute Gasteiger partial charge is 0.287 e. The highest BCUT2D eigenvalue weighted by atomic mass is 16.3. The van der Waals surface area contributed by atoms with E-state index >= 15 is 0 Å². The SMILES string of the molecule is C[C@@H](NC(=O)c1ccco1)C(=O)NC[C@@H]1CC2c3ccccc3C1c1ccccc12. The van der Waals surface area contributed by atoms with Gasteiger partial charge in [0.25, 0.3) is 5.91 Å². The molecule has 3 aromatic rings. The molecule has 0 aliphatic heterocycles. The van der Waals surface area contributed by atoms with Crippen molar-refractivity contribution in [2.45, 2.75) is 31.2 Å². The van der Waals surface area contributed by atoms with Crippen LogP contribution in [-0.4, -0.2) is 24.4 Å². The molecule has 5 heteroatoms. The molecule has 1 aromatic heterocycles. The third-order valence-electron chi connectivity index (χ3n) is 6.45. The highest BCUT2D eigenvalue weighted by Crippen LogP contribution is 2.55. The Bertz CT molecular complexity index is 1040. The first-order chi connectivity index (χ1) is 14.6. The summed E-state index contributed by atoms with van der Waals surface area (Å²) in [6, 6.07) is 19.9. The van der Waals surface area contributed by atoms with Gasteiger partial charge in [0.2, 0.25) is 5.91 Å². The first-order valence-electron chi connectivity index (χ1n) is 10.4. The monoisotopic (exact) mass is 400 g/mol. The lowest BCUT2D eigenvalue weighted by atomic mass is 9.59. The number of carbonyl (C=O) groups excluding carboxylic acids is 2. The van der Waals surface area contributed by atoms with Crippen LogP contribution < -0.4 is 10.6 Å². The van der Waals surface area contributed by atoms with Crippen molar-refractivity contribution in [2.75, 3.05) is 6.54 Å². The zero-order valence-electron chi connectivity index (χ0n) is 16.8. The topological polar surface area (TPSA) is 71.3 Å². The lowest BCUT2D eigenvalue weighted by Gasteiger charge is -2.45. The normalized spacial score (nSPS) is 22.0. The van der Waals surface area contributed by atoms with Crippen LogP contribution >= 0.6 is 0 Å². The molecule has 0 fully saturated rings. The largest absolute Gasteiger partial charge is 0.459 e. The summed E-state index contributed by atoms with van der Waals surface area (Å²) in [6.45, 7) is 2.28. The van der Waals surface area contributed by atoms with Crippen LogP contribution in [0.25, 0.3) is 0 Å². The molecule has 0 saturated carbocycles. The molecule has 5 nitrogen and oxygen atoms in total. The number of fused-ring (bicyclic) bond motifs is 1. The first-order valence-corrected chi connectivity index (χ1v) is 10.4. The quantitative estimate of drug-likeness (QED) is 0.684. The Kier molecular flexibility index (Phi) is 4.66. The molecule has 0 radical (unpaired) electrons. The van der Waals surface area contributed by atoms with Crippen molar-refractivity contribution in [1.82, 2.24) is 10.6 Å². The standard InChI is InChI=1S/C25H24N2O3/c1-15(27-25(29)22-11-6-12-30-22)24(28)26-14-16-13-21-17-7-2-4-9-19(17)23(16)20-10-5-3-8-18(20)21/h2-12,15-16,21,23H,13-14H2,1H3,(H,26,28)(H,27,29)/t15-,16+,21?,23?/m1/s1. The van der Waals surface area contributed by atoms with Crippen LogP contribution in [0.3, 0.4) is 0 Å². The van der Waals surface area contributed by atoms with Crippen molar-refractivity contribution in [1.29, 1.82) is 0 Å². The molecule has 0 unspecified atom stereocenters. The number of carbonyl (C=O) groups is 2. The van der Waals surface area contributed by atoms with Gasteiger partial charge in [-0.3, -0.25) is 9.59 Å². The summed E-state index contributed by atoms with van der Waals surface area (Å²) < 4.78 is 5.09. The molecule has 2 N–H and O–H groups in total. The van der Waals surface area contributed by atoms with Crippen molar-refractivity contribution in [3.8, 4) is 0 Å². The van der Waals surface area contributed by atoms with E-state index in [2.05, 4.69) is 59.2 Å². The number of amides is 2. The summed E-state index contributed by atoms with van der Waals surface area (Å²) in [6.07, 6.45) is 2.46. The summed E-state index contributed by atoms with van der Waals surface area (Å²) in [5, 5.41) is 5.76. The van der Waals surface area contributed by atoms with Gasteiger partial charge in [-0.2, -0.15) is 0 Å². The molecule has 6 rings (SSSR count). The van der Waals surface area contributed by atoms with E-state index in [1.165, 1.54) is 28.5 Å². The van der Waals surface area contributed by atoms with Crippen LogP contribution in [0.4, 0.5) is 0 Å². The molecule has 2 bridgehead atoms. The van der Waals surface area contributed by atoms with Crippen LogP contribution in [0, 0.1) is 5.92 Å². The fraction of sp³-hybridized carbons (Fsp3) is 0.280. The number of hydrogen-bond donors (Lipinski definition) is 2. The number of furan rings is 1. The minimum Gasteiger partial charge on any atom is -0.459 e. The van der Waals surface area contributed by atoms with Crippen LogP contribution in [0.15, 0.2) is 71.3 Å². The minimum atomic E-state index is -0.636. The van der Waals surface area contributed by atoms with Crippen LogP contribution in [-0.2, 0) is 4.79 Å². The fourth-order valence-electron chi connectivity index (χ4n) is 5.09. The molecule has 152 valence electrons. The van der Waals surface area contributed by atoms with Crippen LogP contribution in [0.1, 0.15) is 58.0 Å². The zero-order valence-corrected chi connectivity index (χ0v) is 16.8. The third-order valence-corrected chi connectivity index (χ3v) is 6.45. The molecular weight excluding hydrogens is 376 g/mol. The Balaban J connectivity index is 1.29. The lowest BCUT2D eigenvalue weighted by molar-refractivity contribution is -0.122. The molecule has 3 aliphatic rings. The predicted octanol–water partition coefficient (Wildman–Crippen LogP) is 3.81. The third kappa shape index (κ3) is 3.11. The van der Waals surface area contributed by atoms with Crippen LogP contribution in [0.2, 0.25) is 0 Å². The van der Waals surface area contributed by atoms with E-state index in [1.807, 2.05) is 0 Å². The maximum absolute atomic E-state index is 12.6. The molecule has 2 amide bonds. The second-order valence-corrected chi connectivity index (χ2v) is 8.20. The second-order valence-electron chi connectivity index (χ2n) is 8.20. The molecule has 2 atom stereocenters. The molecular formula is C25H24N2O3. The molecule has 0 spiro atoms.